The summed E-state index contributed by atoms with van der Waals surface area (Å²) in [5, 5.41) is 17.6. The van der Waals surface area contributed by atoms with Gasteiger partial charge in [-0.3, -0.25) is 10.1 Å². The largest absolute Gasteiger partial charge is 0.382 e. The van der Waals surface area contributed by atoms with Crippen LogP contribution in [-0.4, -0.2) is 18.0 Å². The summed E-state index contributed by atoms with van der Waals surface area (Å²) >= 11 is 0. The summed E-state index contributed by atoms with van der Waals surface area (Å²) in [7, 11) is 1.71. The molecule has 0 aromatic heterocycles. The molecule has 1 saturated carbocycles. The first-order valence-corrected chi connectivity index (χ1v) is 7.33. The number of hydrogen-bond donors (Lipinski definition) is 2. The molecular weight excluding hydrogens is 254 g/mol. The standard InChI is InChI=1S/C15H23N3O2/c1-11-5-3-6-12(10-9-11)17-14-8-4-7-13(16-2)15(14)18(19)20/h4,7-8,11-12,16-17H,3,5-6,9-10H2,1-2H3. The number of hydrogen-bond acceptors (Lipinski definition) is 4. The molecule has 5 heteroatoms. The Labute approximate surface area is 119 Å². The van der Waals surface area contributed by atoms with Crippen LogP contribution in [0.2, 0.25) is 0 Å². The van der Waals surface area contributed by atoms with Crippen LogP contribution in [0.5, 0.6) is 0 Å². The van der Waals surface area contributed by atoms with Gasteiger partial charge in [0.05, 0.1) is 4.92 Å². The van der Waals surface area contributed by atoms with E-state index in [9.17, 15) is 10.1 Å². The van der Waals surface area contributed by atoms with Gasteiger partial charge in [0.2, 0.25) is 0 Å². The third-order valence-electron chi connectivity index (χ3n) is 4.10. The van der Waals surface area contributed by atoms with Crippen LogP contribution in [-0.2, 0) is 0 Å². The lowest BCUT2D eigenvalue weighted by Gasteiger charge is -2.18. The Morgan fingerprint density at radius 1 is 1.20 bits per heavy atom. The minimum atomic E-state index is -0.312. The van der Waals surface area contributed by atoms with Crippen LogP contribution in [0.3, 0.4) is 0 Å². The Balaban J connectivity index is 2.18. The molecule has 0 aliphatic heterocycles. The average Bonchev–Trinajstić information content (AvgIpc) is 2.63. The maximum atomic E-state index is 11.3. The highest BCUT2D eigenvalue weighted by Gasteiger charge is 2.22. The number of benzene rings is 1. The second-order valence-corrected chi connectivity index (χ2v) is 5.66. The van der Waals surface area contributed by atoms with E-state index < -0.39 is 0 Å². The van der Waals surface area contributed by atoms with Crippen LogP contribution in [0.15, 0.2) is 18.2 Å². The molecule has 0 amide bonds. The van der Waals surface area contributed by atoms with Crippen molar-refractivity contribution in [1.29, 1.82) is 0 Å². The monoisotopic (exact) mass is 277 g/mol. The van der Waals surface area contributed by atoms with E-state index in [1.54, 1.807) is 19.2 Å². The third kappa shape index (κ3) is 3.40. The number of nitrogens with one attached hydrogen (secondary N) is 2. The first-order valence-electron chi connectivity index (χ1n) is 7.33. The first kappa shape index (κ1) is 14.6. The quantitative estimate of drug-likeness (QED) is 0.495. The average molecular weight is 277 g/mol. The van der Waals surface area contributed by atoms with E-state index >= 15 is 0 Å². The molecule has 1 aromatic carbocycles. The van der Waals surface area contributed by atoms with E-state index in [0.29, 0.717) is 17.4 Å². The van der Waals surface area contributed by atoms with E-state index in [-0.39, 0.29) is 10.6 Å². The topological polar surface area (TPSA) is 67.2 Å². The normalized spacial score (nSPS) is 22.9. The second kappa shape index (κ2) is 6.59. The molecule has 0 saturated heterocycles. The summed E-state index contributed by atoms with van der Waals surface area (Å²) in [5.41, 5.74) is 1.33. The van der Waals surface area contributed by atoms with Gasteiger partial charge < -0.3 is 10.6 Å². The predicted molar refractivity (Wildman–Crippen MR) is 82.3 cm³/mol. The highest BCUT2D eigenvalue weighted by molar-refractivity contribution is 5.76. The summed E-state index contributed by atoms with van der Waals surface area (Å²) in [6, 6.07) is 5.72. The fourth-order valence-corrected chi connectivity index (χ4v) is 2.91. The van der Waals surface area contributed by atoms with Crippen LogP contribution in [0, 0.1) is 16.0 Å². The summed E-state index contributed by atoms with van der Waals surface area (Å²) in [5.74, 6) is 0.764. The van der Waals surface area contributed by atoms with Gasteiger partial charge in [0.15, 0.2) is 0 Å². The van der Waals surface area contributed by atoms with Crippen molar-refractivity contribution in [1.82, 2.24) is 0 Å². The van der Waals surface area contributed by atoms with E-state index in [1.165, 1.54) is 19.3 Å². The molecule has 0 heterocycles. The molecule has 110 valence electrons. The van der Waals surface area contributed by atoms with Gasteiger partial charge in [-0.1, -0.05) is 25.8 Å². The van der Waals surface area contributed by atoms with Crippen molar-refractivity contribution in [3.8, 4) is 0 Å². The molecule has 1 fully saturated rings. The first-order chi connectivity index (χ1) is 9.61. The van der Waals surface area contributed by atoms with Gasteiger partial charge in [0.25, 0.3) is 0 Å². The molecular formula is C15H23N3O2. The summed E-state index contributed by atoms with van der Waals surface area (Å²) in [6.45, 7) is 2.28. The Bertz CT molecular complexity index is 476. The zero-order valence-electron chi connectivity index (χ0n) is 12.2. The Kier molecular flexibility index (Phi) is 4.82. The van der Waals surface area contributed by atoms with Crippen molar-refractivity contribution in [2.24, 2.45) is 5.92 Å². The van der Waals surface area contributed by atoms with Crippen molar-refractivity contribution >= 4 is 17.1 Å². The molecule has 5 nitrogen and oxygen atoms in total. The fourth-order valence-electron chi connectivity index (χ4n) is 2.91. The van der Waals surface area contributed by atoms with E-state index in [1.807, 2.05) is 6.07 Å². The van der Waals surface area contributed by atoms with Crippen LogP contribution in [0.25, 0.3) is 0 Å². The Hall–Kier alpha value is -1.78. The number of para-hydroxylation sites is 1. The van der Waals surface area contributed by atoms with Gasteiger partial charge >= 0.3 is 5.69 Å². The van der Waals surface area contributed by atoms with Gasteiger partial charge in [-0.25, -0.2) is 0 Å². The molecule has 2 N–H and O–H groups in total. The highest BCUT2D eigenvalue weighted by Crippen LogP contribution is 2.34. The summed E-state index contributed by atoms with van der Waals surface area (Å²) < 4.78 is 0. The molecule has 0 bridgehead atoms. The summed E-state index contributed by atoms with van der Waals surface area (Å²) in [6.07, 6.45) is 5.82. The lowest BCUT2D eigenvalue weighted by molar-refractivity contribution is -0.383. The number of nitro benzene ring substituents is 1. The van der Waals surface area contributed by atoms with Gasteiger partial charge in [-0.05, 0) is 37.3 Å². The van der Waals surface area contributed by atoms with Gasteiger partial charge in [0, 0.05) is 13.1 Å². The number of nitro groups is 1. The molecule has 2 unspecified atom stereocenters. The minimum absolute atomic E-state index is 0.146. The van der Waals surface area contributed by atoms with Crippen LogP contribution in [0.4, 0.5) is 17.1 Å². The van der Waals surface area contributed by atoms with E-state index in [2.05, 4.69) is 17.6 Å². The number of nitrogens with zero attached hydrogens (tertiary/aromatic N) is 1. The molecule has 0 spiro atoms. The molecule has 2 atom stereocenters. The van der Waals surface area contributed by atoms with Gasteiger partial charge in [-0.15, -0.1) is 0 Å². The predicted octanol–water partition coefficient (Wildman–Crippen LogP) is 4.02. The number of rotatable bonds is 4. The second-order valence-electron chi connectivity index (χ2n) is 5.66. The maximum Gasteiger partial charge on any atom is 0.315 e. The van der Waals surface area contributed by atoms with Crippen molar-refractivity contribution in [3.63, 3.8) is 0 Å². The lowest BCUT2D eigenvalue weighted by atomic mass is 10.0. The van der Waals surface area contributed by atoms with Crippen LogP contribution >= 0.6 is 0 Å². The zero-order valence-corrected chi connectivity index (χ0v) is 12.2. The smallest absolute Gasteiger partial charge is 0.315 e. The van der Waals surface area contributed by atoms with Crippen molar-refractivity contribution in [3.05, 3.63) is 28.3 Å². The minimum Gasteiger partial charge on any atom is -0.382 e. The van der Waals surface area contributed by atoms with Crippen LogP contribution in [0.1, 0.15) is 39.0 Å². The molecule has 1 aliphatic rings. The lowest BCUT2D eigenvalue weighted by Crippen LogP contribution is -2.19. The molecule has 0 radical (unpaired) electrons. The van der Waals surface area contributed by atoms with Crippen molar-refractivity contribution in [2.75, 3.05) is 17.7 Å². The molecule has 2 rings (SSSR count). The van der Waals surface area contributed by atoms with Crippen molar-refractivity contribution in [2.45, 2.75) is 45.1 Å². The van der Waals surface area contributed by atoms with E-state index in [4.69, 9.17) is 0 Å². The molecule has 1 aromatic rings. The molecule has 1 aliphatic carbocycles. The highest BCUT2D eigenvalue weighted by atomic mass is 16.6. The summed E-state index contributed by atoms with van der Waals surface area (Å²) in [4.78, 5) is 11.0. The van der Waals surface area contributed by atoms with Crippen LogP contribution < -0.4 is 10.6 Å². The molecule has 20 heavy (non-hydrogen) atoms. The maximum absolute atomic E-state index is 11.3. The van der Waals surface area contributed by atoms with Crippen molar-refractivity contribution < 1.29 is 4.92 Å². The number of anilines is 2. The fraction of sp³-hybridized carbons (Fsp3) is 0.600. The zero-order chi connectivity index (χ0) is 14.5. The Morgan fingerprint density at radius 2 is 1.95 bits per heavy atom. The van der Waals surface area contributed by atoms with Gasteiger partial charge in [-0.2, -0.15) is 0 Å². The Morgan fingerprint density at radius 3 is 2.65 bits per heavy atom. The van der Waals surface area contributed by atoms with E-state index in [0.717, 1.165) is 18.8 Å². The third-order valence-corrected chi connectivity index (χ3v) is 4.10. The van der Waals surface area contributed by atoms with Gasteiger partial charge in [0.1, 0.15) is 11.4 Å². The SMILES string of the molecule is CNc1cccc(NC2CCCC(C)CC2)c1[N+](=O)[O-].